The Morgan fingerprint density at radius 2 is 1.38 bits per heavy atom. The van der Waals surface area contributed by atoms with Gasteiger partial charge < -0.3 is 14.9 Å². The van der Waals surface area contributed by atoms with Crippen molar-refractivity contribution in [1.82, 2.24) is 0 Å². The number of carbonyl (C=O) groups is 1. The van der Waals surface area contributed by atoms with Crippen LogP contribution in [0.1, 0.15) is 96.8 Å². The topological polar surface area (TPSA) is 66.8 Å². The van der Waals surface area contributed by atoms with E-state index in [9.17, 15) is 4.79 Å². The molecule has 1 atom stereocenters. The van der Waals surface area contributed by atoms with Crippen molar-refractivity contribution >= 4 is 15.9 Å². The summed E-state index contributed by atoms with van der Waals surface area (Å²) in [4.78, 5) is 11.4. The highest BCUT2D eigenvalue weighted by Gasteiger charge is 2.07. The summed E-state index contributed by atoms with van der Waals surface area (Å²) in [6.07, 6.45) is 20.1. The minimum atomic E-state index is -0.960. The molecule has 0 spiro atoms. The number of carbonyl (C=O) groups excluding carboxylic acids is 1. The van der Waals surface area contributed by atoms with Gasteiger partial charge in [-0.25, -0.2) is 0 Å². The summed E-state index contributed by atoms with van der Waals surface area (Å²) < 4.78 is 4.86. The summed E-state index contributed by atoms with van der Waals surface area (Å²) in [5.41, 5.74) is 0. The second kappa shape index (κ2) is 22.6. The number of allylic oxidation sites excluding steroid dienone is 2. The number of ether oxygens (including phenoxy) is 1. The first-order valence-corrected chi connectivity index (χ1v) is 10.3. The Morgan fingerprint density at radius 1 is 0.885 bits per heavy atom. The fourth-order valence-electron chi connectivity index (χ4n) is 2.65. The van der Waals surface area contributed by atoms with E-state index >= 15 is 0 Å². The molecule has 0 rings (SSSR count). The van der Waals surface area contributed by atoms with Gasteiger partial charge in [0.15, 0.2) is 0 Å². The van der Waals surface area contributed by atoms with Gasteiger partial charge in [-0.1, -0.05) is 70.4 Å². The highest BCUT2D eigenvalue weighted by atomic mass is 31.0. The maximum atomic E-state index is 11.4. The first kappa shape index (κ1) is 27.8. The van der Waals surface area contributed by atoms with Crippen molar-refractivity contribution in [3.63, 3.8) is 0 Å². The molecule has 1 unspecified atom stereocenters. The number of aliphatic hydroxyl groups excluding tert-OH is 2. The predicted octanol–water partition coefficient (Wildman–Crippen LogP) is 5.78. The molecule has 2 N–H and O–H groups in total. The van der Waals surface area contributed by atoms with Crippen LogP contribution >= 0.6 is 9.90 Å². The van der Waals surface area contributed by atoms with Crippen LogP contribution in [0, 0.1) is 0 Å². The molecule has 153 valence electrons. The van der Waals surface area contributed by atoms with Gasteiger partial charge >= 0.3 is 5.97 Å². The van der Waals surface area contributed by atoms with Crippen LogP contribution in [0.2, 0.25) is 0 Å². The molecule has 0 saturated heterocycles. The lowest BCUT2D eigenvalue weighted by atomic mass is 10.1. The van der Waals surface area contributed by atoms with Gasteiger partial charge in [-0.05, 0) is 32.1 Å². The number of aliphatic hydroxyl groups is 2. The summed E-state index contributed by atoms with van der Waals surface area (Å²) in [7, 11) is 0. The van der Waals surface area contributed by atoms with Crippen molar-refractivity contribution in [3.8, 4) is 0 Å². The van der Waals surface area contributed by atoms with Crippen LogP contribution in [0.5, 0.6) is 0 Å². The Morgan fingerprint density at radius 3 is 1.92 bits per heavy atom. The Balaban J connectivity index is 0. The van der Waals surface area contributed by atoms with E-state index in [4.69, 9.17) is 14.9 Å². The fourth-order valence-corrected chi connectivity index (χ4v) is 2.65. The van der Waals surface area contributed by atoms with Crippen LogP contribution in [0.4, 0.5) is 0 Å². The zero-order chi connectivity index (χ0) is 18.6. The Hall–Kier alpha value is -0.440. The molecular formula is C21H40O4P. The van der Waals surface area contributed by atoms with E-state index < -0.39 is 6.10 Å². The fraction of sp³-hybridized carbons (Fsp3) is 0.857. The predicted molar refractivity (Wildman–Crippen MR) is 110 cm³/mol. The second-order valence-electron chi connectivity index (χ2n) is 6.85. The minimum Gasteiger partial charge on any atom is -0.463 e. The maximum Gasteiger partial charge on any atom is 0.305 e. The standard InChI is InChI=1S/C21H40O4.P/c1-2-3-4-5-6-7-8-9-10-11-12-13-14-15-16-17-21(24)25-19-20(23)18-22;/h9-10,20,22-23H,2-8,11-19H2,1H3;/b10-9-;. The largest absolute Gasteiger partial charge is 0.463 e. The zero-order valence-electron chi connectivity index (χ0n) is 16.7. The van der Waals surface area contributed by atoms with E-state index in [0.717, 1.165) is 25.7 Å². The zero-order valence-corrected chi connectivity index (χ0v) is 17.6. The second-order valence-corrected chi connectivity index (χ2v) is 6.85. The molecule has 0 aliphatic carbocycles. The summed E-state index contributed by atoms with van der Waals surface area (Å²) in [5.74, 6) is -0.287. The number of unbranched alkanes of at least 4 members (excludes halogenated alkanes) is 11. The normalized spacial score (nSPS) is 12.1. The third kappa shape index (κ3) is 21.6. The van der Waals surface area contributed by atoms with E-state index in [1.165, 1.54) is 57.8 Å². The molecule has 0 aromatic carbocycles. The third-order valence-electron chi connectivity index (χ3n) is 4.29. The van der Waals surface area contributed by atoms with E-state index in [1.807, 2.05) is 0 Å². The van der Waals surface area contributed by atoms with Crippen LogP contribution in [0.3, 0.4) is 0 Å². The smallest absolute Gasteiger partial charge is 0.305 e. The summed E-state index contributed by atoms with van der Waals surface area (Å²) >= 11 is 0. The van der Waals surface area contributed by atoms with Gasteiger partial charge in [0.25, 0.3) is 0 Å². The van der Waals surface area contributed by atoms with E-state index in [2.05, 4.69) is 19.1 Å². The molecule has 4 nitrogen and oxygen atoms in total. The van der Waals surface area contributed by atoms with Crippen LogP contribution in [-0.2, 0) is 9.53 Å². The molecule has 26 heavy (non-hydrogen) atoms. The lowest BCUT2D eigenvalue weighted by Crippen LogP contribution is -2.21. The van der Waals surface area contributed by atoms with Crippen molar-refractivity contribution in [2.45, 2.75) is 103 Å². The molecule has 0 saturated carbocycles. The van der Waals surface area contributed by atoms with Crippen molar-refractivity contribution in [2.24, 2.45) is 0 Å². The quantitative estimate of drug-likeness (QED) is 0.135. The number of hydrogen-bond acceptors (Lipinski definition) is 4. The van der Waals surface area contributed by atoms with Crippen LogP contribution in [0.25, 0.3) is 0 Å². The minimum absolute atomic E-state index is 0. The van der Waals surface area contributed by atoms with E-state index in [-0.39, 0.29) is 29.1 Å². The Bertz CT molecular complexity index is 321. The van der Waals surface area contributed by atoms with Crippen LogP contribution in [0.15, 0.2) is 12.2 Å². The summed E-state index contributed by atoms with van der Waals surface area (Å²) in [6.45, 7) is 1.77. The maximum absolute atomic E-state index is 11.4. The summed E-state index contributed by atoms with van der Waals surface area (Å²) in [6, 6.07) is 0. The van der Waals surface area contributed by atoms with Crippen LogP contribution in [-0.4, -0.2) is 35.5 Å². The molecule has 0 aliphatic rings. The first-order chi connectivity index (χ1) is 12.2. The SMILES string of the molecule is CCCCCCCC/C=C\CCCCCCCC(=O)OCC(O)CO.[P]. The molecule has 5 heteroatoms. The number of esters is 1. The first-order valence-electron chi connectivity index (χ1n) is 10.3. The number of hydrogen-bond donors (Lipinski definition) is 2. The molecule has 0 aromatic rings. The van der Waals surface area contributed by atoms with Gasteiger partial charge in [-0.3, -0.25) is 4.79 Å². The molecule has 0 aliphatic heterocycles. The van der Waals surface area contributed by atoms with Crippen LogP contribution < -0.4 is 0 Å². The molecule has 3 radical (unpaired) electrons. The van der Waals surface area contributed by atoms with E-state index in [1.54, 1.807) is 0 Å². The van der Waals surface area contributed by atoms with Crippen molar-refractivity contribution in [3.05, 3.63) is 12.2 Å². The molecule has 0 heterocycles. The number of rotatable bonds is 18. The van der Waals surface area contributed by atoms with Gasteiger partial charge in [0.1, 0.15) is 12.7 Å². The van der Waals surface area contributed by atoms with Gasteiger partial charge in [0.2, 0.25) is 0 Å². The van der Waals surface area contributed by atoms with Crippen molar-refractivity contribution in [2.75, 3.05) is 13.2 Å². The lowest BCUT2D eigenvalue weighted by molar-refractivity contribution is -0.147. The van der Waals surface area contributed by atoms with Gasteiger partial charge in [0, 0.05) is 16.3 Å². The van der Waals surface area contributed by atoms with E-state index in [0.29, 0.717) is 6.42 Å². The van der Waals surface area contributed by atoms with Crippen molar-refractivity contribution in [1.29, 1.82) is 0 Å². The van der Waals surface area contributed by atoms with Gasteiger partial charge in [-0.15, -0.1) is 0 Å². The monoisotopic (exact) mass is 387 g/mol. The highest BCUT2D eigenvalue weighted by molar-refractivity contribution is 6.92. The lowest BCUT2D eigenvalue weighted by Gasteiger charge is -2.08. The van der Waals surface area contributed by atoms with Crippen molar-refractivity contribution < 1.29 is 19.7 Å². The Kier molecular flexibility index (Phi) is 24.1. The molecule has 0 bridgehead atoms. The molecule has 0 amide bonds. The molecule has 0 fully saturated rings. The van der Waals surface area contributed by atoms with Gasteiger partial charge in [-0.2, -0.15) is 0 Å². The molecule has 0 aromatic heterocycles. The van der Waals surface area contributed by atoms with Gasteiger partial charge in [0.05, 0.1) is 6.61 Å². The Labute approximate surface area is 164 Å². The summed E-state index contributed by atoms with van der Waals surface area (Å²) in [5, 5.41) is 17.7. The highest BCUT2D eigenvalue weighted by Crippen LogP contribution is 2.10. The third-order valence-corrected chi connectivity index (χ3v) is 4.29. The molecular weight excluding hydrogens is 347 g/mol. The average Bonchev–Trinajstić information content (AvgIpc) is 2.62. The average molecular weight is 388 g/mol.